The van der Waals surface area contributed by atoms with Gasteiger partial charge in [-0.05, 0) is 60.2 Å². The Morgan fingerprint density at radius 2 is 0.867 bits per heavy atom. The van der Waals surface area contributed by atoms with Gasteiger partial charge in [-0.15, -0.1) is 11.3 Å². The van der Waals surface area contributed by atoms with Crippen molar-refractivity contribution in [3.05, 3.63) is 158 Å². The largest absolute Gasteiger partial charge is 0.309 e. The van der Waals surface area contributed by atoms with Crippen LogP contribution in [-0.4, -0.2) is 9.13 Å². The molecule has 0 amide bonds. The molecule has 3 heteroatoms. The number of hydrogen-bond acceptors (Lipinski definition) is 1. The Balaban J connectivity index is 1.25. The van der Waals surface area contributed by atoms with E-state index in [0.717, 1.165) is 0 Å². The van der Waals surface area contributed by atoms with Crippen LogP contribution in [0.5, 0.6) is 0 Å². The van der Waals surface area contributed by atoms with Gasteiger partial charge in [-0.2, -0.15) is 0 Å². The number of benzene rings is 7. The fraction of sp³-hybridized carbons (Fsp3) is 0. The van der Waals surface area contributed by atoms with Gasteiger partial charge in [0.25, 0.3) is 0 Å². The lowest BCUT2D eigenvalue weighted by Gasteiger charge is -2.14. The molecule has 0 bridgehead atoms. The normalized spacial score (nSPS) is 12.0. The predicted molar refractivity (Wildman–Crippen MR) is 193 cm³/mol. The maximum atomic E-state index is 2.47. The summed E-state index contributed by atoms with van der Waals surface area (Å²) in [5, 5.41) is 7.71. The summed E-state index contributed by atoms with van der Waals surface area (Å²) in [6.07, 6.45) is 0. The summed E-state index contributed by atoms with van der Waals surface area (Å²) in [6, 6.07) is 57.7. The van der Waals surface area contributed by atoms with E-state index in [9.17, 15) is 0 Å². The monoisotopic (exact) mass is 590 g/mol. The molecule has 7 aromatic carbocycles. The molecule has 0 N–H and O–H groups in total. The van der Waals surface area contributed by atoms with E-state index in [1.165, 1.54) is 86.3 Å². The number of rotatable bonds is 3. The number of hydrogen-bond donors (Lipinski definition) is 0. The van der Waals surface area contributed by atoms with E-state index in [1.807, 2.05) is 11.3 Å². The maximum absolute atomic E-state index is 2.47. The molecule has 2 nitrogen and oxygen atoms in total. The second-order valence-corrected chi connectivity index (χ2v) is 12.8. The lowest BCUT2D eigenvalue weighted by molar-refractivity contribution is 1.18. The average molecular weight is 591 g/mol. The topological polar surface area (TPSA) is 9.86 Å². The third-order valence-electron chi connectivity index (χ3n) is 9.33. The molecule has 3 heterocycles. The quantitative estimate of drug-likeness (QED) is 0.194. The molecule has 0 saturated heterocycles. The molecule has 0 aliphatic rings. The summed E-state index contributed by atoms with van der Waals surface area (Å²) in [7, 11) is 0. The molecule has 0 atom stereocenters. The van der Waals surface area contributed by atoms with Crippen LogP contribution in [0.2, 0.25) is 0 Å². The van der Waals surface area contributed by atoms with Crippen molar-refractivity contribution in [2.75, 3.05) is 0 Å². The maximum Gasteiger partial charge on any atom is 0.0555 e. The van der Waals surface area contributed by atoms with Crippen LogP contribution in [0.4, 0.5) is 0 Å². The molecule has 45 heavy (non-hydrogen) atoms. The van der Waals surface area contributed by atoms with Crippen molar-refractivity contribution < 1.29 is 0 Å². The van der Waals surface area contributed by atoms with Gasteiger partial charge >= 0.3 is 0 Å². The minimum Gasteiger partial charge on any atom is -0.309 e. The molecule has 0 aliphatic carbocycles. The van der Waals surface area contributed by atoms with Crippen LogP contribution in [0.25, 0.3) is 86.3 Å². The van der Waals surface area contributed by atoms with Crippen LogP contribution in [0.15, 0.2) is 158 Å². The highest BCUT2D eigenvalue weighted by Gasteiger charge is 2.19. The average Bonchev–Trinajstić information content (AvgIpc) is 3.76. The van der Waals surface area contributed by atoms with Crippen molar-refractivity contribution >= 4 is 75.1 Å². The number of nitrogens with zero attached hydrogens (tertiary/aromatic N) is 2. The summed E-state index contributed by atoms with van der Waals surface area (Å²) >= 11 is 1.87. The van der Waals surface area contributed by atoms with E-state index in [2.05, 4.69) is 167 Å². The predicted octanol–water partition coefficient (Wildman–Crippen LogP) is 11.9. The fourth-order valence-corrected chi connectivity index (χ4v) is 8.56. The molecule has 210 valence electrons. The van der Waals surface area contributed by atoms with Crippen molar-refractivity contribution in [1.29, 1.82) is 0 Å². The van der Waals surface area contributed by atoms with Gasteiger partial charge in [-0.25, -0.2) is 0 Å². The van der Waals surface area contributed by atoms with Crippen LogP contribution in [-0.2, 0) is 0 Å². The standard InChI is InChI=1S/C42H26N2S/c1-6-17-34(43-35-18-7-2-13-29(35)30-14-3-8-19-36(30)43)28(12-1)27-24-25-38-33(26-27)31-15-4-9-20-37(31)44(38)39-21-11-23-41-42(39)32-16-5-10-22-40(32)45-41/h1-26H. The lowest BCUT2D eigenvalue weighted by Crippen LogP contribution is -1.97. The zero-order valence-corrected chi connectivity index (χ0v) is 25.1. The van der Waals surface area contributed by atoms with Crippen LogP contribution in [0, 0.1) is 0 Å². The first kappa shape index (κ1) is 24.8. The molecule has 0 aliphatic heterocycles. The smallest absolute Gasteiger partial charge is 0.0555 e. The highest BCUT2D eigenvalue weighted by atomic mass is 32.1. The third-order valence-corrected chi connectivity index (χ3v) is 10.5. The molecule has 0 unspecified atom stereocenters. The van der Waals surface area contributed by atoms with E-state index < -0.39 is 0 Å². The van der Waals surface area contributed by atoms with Gasteiger partial charge in [0.1, 0.15) is 0 Å². The molecule has 10 rings (SSSR count). The molecule has 3 aromatic heterocycles. The van der Waals surface area contributed by atoms with Crippen LogP contribution >= 0.6 is 11.3 Å². The van der Waals surface area contributed by atoms with Gasteiger partial charge in [-0.1, -0.05) is 103 Å². The van der Waals surface area contributed by atoms with Crippen molar-refractivity contribution in [3.8, 4) is 22.5 Å². The highest BCUT2D eigenvalue weighted by molar-refractivity contribution is 7.25. The van der Waals surface area contributed by atoms with E-state index in [4.69, 9.17) is 0 Å². The van der Waals surface area contributed by atoms with Gasteiger partial charge in [0.05, 0.1) is 33.4 Å². The summed E-state index contributed by atoms with van der Waals surface area (Å²) in [6.45, 7) is 0. The van der Waals surface area contributed by atoms with E-state index >= 15 is 0 Å². The first-order chi connectivity index (χ1) is 22.3. The van der Waals surface area contributed by atoms with Gasteiger partial charge in [-0.3, -0.25) is 0 Å². The Hall–Kier alpha value is -5.64. The van der Waals surface area contributed by atoms with Crippen LogP contribution in [0.1, 0.15) is 0 Å². The number of fused-ring (bicyclic) bond motifs is 9. The molecule has 0 fully saturated rings. The molecule has 10 aromatic rings. The summed E-state index contributed by atoms with van der Waals surface area (Å²) in [4.78, 5) is 0. The summed E-state index contributed by atoms with van der Waals surface area (Å²) < 4.78 is 7.53. The molecular formula is C42H26N2S. The van der Waals surface area contributed by atoms with Crippen molar-refractivity contribution in [3.63, 3.8) is 0 Å². The molecular weight excluding hydrogens is 565 g/mol. The third kappa shape index (κ3) is 3.50. The van der Waals surface area contributed by atoms with Gasteiger partial charge in [0.15, 0.2) is 0 Å². The van der Waals surface area contributed by atoms with Crippen molar-refractivity contribution in [2.45, 2.75) is 0 Å². The first-order valence-electron chi connectivity index (χ1n) is 15.4. The second-order valence-electron chi connectivity index (χ2n) is 11.7. The number of aromatic nitrogens is 2. The number of para-hydroxylation sites is 4. The van der Waals surface area contributed by atoms with E-state index in [1.54, 1.807) is 0 Å². The van der Waals surface area contributed by atoms with Crippen molar-refractivity contribution in [2.24, 2.45) is 0 Å². The number of thiophene rings is 1. The lowest BCUT2D eigenvalue weighted by atomic mass is 10.0. The molecule has 0 radical (unpaired) electrons. The van der Waals surface area contributed by atoms with Crippen molar-refractivity contribution in [1.82, 2.24) is 9.13 Å². The fourth-order valence-electron chi connectivity index (χ4n) is 7.44. The Bertz CT molecular complexity index is 2720. The highest BCUT2D eigenvalue weighted by Crippen LogP contribution is 2.42. The SMILES string of the molecule is c1ccc(-n2c3ccccc3c3ccccc32)c(-c2ccc3c(c2)c2ccccc2n3-c2cccc3sc4ccccc4c23)c1. The minimum atomic E-state index is 1.19. The Labute approximate surface area is 263 Å². The Kier molecular flexibility index (Phi) is 5.19. The zero-order chi connectivity index (χ0) is 29.5. The summed E-state index contributed by atoms with van der Waals surface area (Å²) in [5.74, 6) is 0. The van der Waals surface area contributed by atoms with Crippen LogP contribution in [0.3, 0.4) is 0 Å². The van der Waals surface area contributed by atoms with E-state index in [-0.39, 0.29) is 0 Å². The molecule has 0 spiro atoms. The van der Waals surface area contributed by atoms with Gasteiger partial charge in [0.2, 0.25) is 0 Å². The zero-order valence-electron chi connectivity index (χ0n) is 24.3. The Morgan fingerprint density at radius 3 is 1.60 bits per heavy atom. The Morgan fingerprint density at radius 1 is 0.356 bits per heavy atom. The van der Waals surface area contributed by atoms with Gasteiger partial charge < -0.3 is 9.13 Å². The first-order valence-corrected chi connectivity index (χ1v) is 16.2. The van der Waals surface area contributed by atoms with E-state index in [0.29, 0.717) is 0 Å². The van der Waals surface area contributed by atoms with Crippen LogP contribution < -0.4 is 0 Å². The molecule has 0 saturated carbocycles. The second kappa shape index (κ2) is 9.43. The van der Waals surface area contributed by atoms with Gasteiger partial charge in [0, 0.05) is 47.3 Å². The minimum absolute atomic E-state index is 1.19. The summed E-state index contributed by atoms with van der Waals surface area (Å²) in [5.41, 5.74) is 9.73.